The van der Waals surface area contributed by atoms with Crippen LogP contribution in [0, 0.1) is 0 Å². The number of esters is 1. The predicted molar refractivity (Wildman–Crippen MR) is 84.5 cm³/mol. The van der Waals surface area contributed by atoms with Crippen molar-refractivity contribution in [3.63, 3.8) is 0 Å². The normalized spacial score (nSPS) is 11.7. The molecule has 24 heavy (non-hydrogen) atoms. The molecule has 0 fully saturated rings. The van der Waals surface area contributed by atoms with Gasteiger partial charge in [-0.3, -0.25) is 14.9 Å². The van der Waals surface area contributed by atoms with Crippen molar-refractivity contribution in [1.82, 2.24) is 5.32 Å². The van der Waals surface area contributed by atoms with Crippen LogP contribution in [0.2, 0.25) is 0 Å². The number of rotatable bonds is 10. The molecule has 0 aliphatic carbocycles. The van der Waals surface area contributed by atoms with Gasteiger partial charge in [-0.1, -0.05) is 18.2 Å². The largest absolute Gasteiger partial charge is 0.490 e. The van der Waals surface area contributed by atoms with E-state index >= 15 is 0 Å². The average molecular weight is 333 g/mol. The number of benzene rings is 1. The molecular formula is C17H19NO6. The van der Waals surface area contributed by atoms with Crippen LogP contribution in [0.4, 0.5) is 0 Å². The Morgan fingerprint density at radius 3 is 2.58 bits per heavy atom. The van der Waals surface area contributed by atoms with Crippen molar-refractivity contribution in [2.75, 3.05) is 13.2 Å². The van der Waals surface area contributed by atoms with Crippen LogP contribution in [0.1, 0.15) is 12.2 Å². The molecule has 128 valence electrons. The summed E-state index contributed by atoms with van der Waals surface area (Å²) in [6.45, 7) is 0.459. The van der Waals surface area contributed by atoms with E-state index in [9.17, 15) is 9.59 Å². The maximum absolute atomic E-state index is 12.0. The molecule has 1 aromatic carbocycles. The van der Waals surface area contributed by atoms with Gasteiger partial charge in [-0.15, -0.1) is 0 Å². The summed E-state index contributed by atoms with van der Waals surface area (Å²) in [5, 5.41) is 11.7. The molecule has 0 saturated heterocycles. The van der Waals surface area contributed by atoms with Crippen molar-refractivity contribution in [3.8, 4) is 5.75 Å². The van der Waals surface area contributed by atoms with Gasteiger partial charge in [0.2, 0.25) is 0 Å². The Bertz CT molecular complexity index is 626. The van der Waals surface area contributed by atoms with E-state index in [0.29, 0.717) is 11.5 Å². The van der Waals surface area contributed by atoms with Crippen LogP contribution in [-0.2, 0) is 20.9 Å². The zero-order valence-electron chi connectivity index (χ0n) is 13.0. The summed E-state index contributed by atoms with van der Waals surface area (Å²) in [7, 11) is 0. The summed E-state index contributed by atoms with van der Waals surface area (Å²) in [4.78, 5) is 22.9. The van der Waals surface area contributed by atoms with E-state index in [1.54, 1.807) is 24.3 Å². The Morgan fingerprint density at radius 2 is 1.92 bits per heavy atom. The molecule has 0 amide bonds. The number of para-hydroxylation sites is 1. The molecule has 1 atom stereocenters. The lowest BCUT2D eigenvalue weighted by atomic mass is 10.2. The van der Waals surface area contributed by atoms with Crippen molar-refractivity contribution < 1.29 is 28.6 Å². The molecule has 0 bridgehead atoms. The molecule has 2 N–H and O–H groups in total. The first-order chi connectivity index (χ1) is 11.6. The zero-order chi connectivity index (χ0) is 17.2. The fraction of sp³-hybridized carbons (Fsp3) is 0.294. The summed E-state index contributed by atoms with van der Waals surface area (Å²) in [6, 6.07) is 11.6. The van der Waals surface area contributed by atoms with Crippen LogP contribution in [0.5, 0.6) is 5.75 Å². The van der Waals surface area contributed by atoms with Crippen molar-refractivity contribution >= 4 is 11.9 Å². The third-order valence-electron chi connectivity index (χ3n) is 3.11. The minimum Gasteiger partial charge on any atom is -0.490 e. The molecule has 2 rings (SSSR count). The fourth-order valence-electron chi connectivity index (χ4n) is 1.97. The third kappa shape index (κ3) is 6.13. The van der Waals surface area contributed by atoms with Crippen LogP contribution in [0.3, 0.4) is 0 Å². The molecule has 1 unspecified atom stereocenters. The lowest BCUT2D eigenvalue weighted by molar-refractivity contribution is -0.151. The number of ether oxygens (including phenoxy) is 2. The monoisotopic (exact) mass is 333 g/mol. The van der Waals surface area contributed by atoms with Gasteiger partial charge < -0.3 is 19.0 Å². The second-order valence-corrected chi connectivity index (χ2v) is 4.94. The van der Waals surface area contributed by atoms with E-state index in [4.69, 9.17) is 19.0 Å². The number of hydrogen-bond acceptors (Lipinski definition) is 6. The van der Waals surface area contributed by atoms with E-state index in [1.165, 1.54) is 6.26 Å². The molecule has 7 nitrogen and oxygen atoms in total. The summed E-state index contributed by atoms with van der Waals surface area (Å²) in [5.74, 6) is -0.456. The minimum atomic E-state index is -1.09. The van der Waals surface area contributed by atoms with E-state index in [1.807, 2.05) is 18.2 Å². The molecule has 1 heterocycles. The first kappa shape index (κ1) is 17.6. The Labute approximate surface area is 139 Å². The van der Waals surface area contributed by atoms with Crippen molar-refractivity contribution in [1.29, 1.82) is 0 Å². The van der Waals surface area contributed by atoms with Crippen molar-refractivity contribution in [2.24, 2.45) is 0 Å². The molecule has 0 aliphatic rings. The van der Waals surface area contributed by atoms with Gasteiger partial charge in [0, 0.05) is 0 Å². The molecule has 0 radical (unpaired) electrons. The number of carbonyl (C=O) groups is 2. The molecule has 0 aliphatic heterocycles. The number of carboxylic acid groups (broad SMARTS) is 1. The molecule has 0 saturated carbocycles. The highest BCUT2D eigenvalue weighted by Gasteiger charge is 2.23. The van der Waals surface area contributed by atoms with Gasteiger partial charge in [0.25, 0.3) is 0 Å². The number of nitrogens with one attached hydrogen (secondary N) is 1. The number of hydrogen-bond donors (Lipinski definition) is 2. The second kappa shape index (κ2) is 9.36. The van der Waals surface area contributed by atoms with Gasteiger partial charge in [-0.25, -0.2) is 0 Å². The van der Waals surface area contributed by atoms with Crippen LogP contribution in [0.25, 0.3) is 0 Å². The number of carbonyl (C=O) groups excluding carboxylic acids is 1. The quantitative estimate of drug-likeness (QED) is 0.505. The van der Waals surface area contributed by atoms with E-state index in [-0.39, 0.29) is 26.2 Å². The lowest BCUT2D eigenvalue weighted by Crippen LogP contribution is -2.39. The number of furan rings is 1. The Hall–Kier alpha value is -2.80. The maximum Gasteiger partial charge on any atom is 0.323 e. The Morgan fingerprint density at radius 1 is 1.12 bits per heavy atom. The van der Waals surface area contributed by atoms with Crippen LogP contribution in [-0.4, -0.2) is 36.3 Å². The highest BCUT2D eigenvalue weighted by atomic mass is 16.6. The first-order valence-corrected chi connectivity index (χ1v) is 7.47. The van der Waals surface area contributed by atoms with Gasteiger partial charge in [0.05, 0.1) is 19.2 Å². The average Bonchev–Trinajstić information content (AvgIpc) is 3.09. The van der Waals surface area contributed by atoms with Crippen LogP contribution >= 0.6 is 0 Å². The highest BCUT2D eigenvalue weighted by molar-refractivity contribution is 5.81. The summed E-state index contributed by atoms with van der Waals surface area (Å²) in [5.41, 5.74) is 0. The van der Waals surface area contributed by atoms with E-state index in [0.717, 1.165) is 0 Å². The molecule has 7 heteroatoms. The number of aliphatic carboxylic acids is 1. The molecular weight excluding hydrogens is 314 g/mol. The summed E-state index contributed by atoms with van der Waals surface area (Å²) in [6.07, 6.45) is 1.13. The van der Waals surface area contributed by atoms with Crippen molar-refractivity contribution in [3.05, 3.63) is 54.5 Å². The first-order valence-electron chi connectivity index (χ1n) is 7.47. The van der Waals surface area contributed by atoms with Gasteiger partial charge in [-0.05, 0) is 24.3 Å². The Kier molecular flexibility index (Phi) is 6.85. The smallest absolute Gasteiger partial charge is 0.323 e. The fourth-order valence-corrected chi connectivity index (χ4v) is 1.97. The Balaban J connectivity index is 1.75. The van der Waals surface area contributed by atoms with Crippen LogP contribution in [0.15, 0.2) is 53.1 Å². The minimum absolute atomic E-state index is 0.0340. The van der Waals surface area contributed by atoms with E-state index < -0.39 is 18.0 Å². The SMILES string of the molecule is O=C(O)CC(NCc1ccco1)C(=O)OCCOc1ccccc1. The highest BCUT2D eigenvalue weighted by Crippen LogP contribution is 2.08. The van der Waals surface area contributed by atoms with Crippen LogP contribution < -0.4 is 10.1 Å². The van der Waals surface area contributed by atoms with Gasteiger partial charge in [0.1, 0.15) is 30.8 Å². The molecule has 2 aromatic rings. The molecule has 0 spiro atoms. The lowest BCUT2D eigenvalue weighted by Gasteiger charge is -2.15. The third-order valence-corrected chi connectivity index (χ3v) is 3.11. The molecule has 1 aromatic heterocycles. The van der Waals surface area contributed by atoms with Gasteiger partial charge >= 0.3 is 11.9 Å². The standard InChI is InChI=1S/C17H19NO6/c19-16(20)11-15(18-12-14-7-4-8-22-14)17(21)24-10-9-23-13-5-2-1-3-6-13/h1-8,15,18H,9-12H2,(H,19,20). The second-order valence-electron chi connectivity index (χ2n) is 4.94. The summed E-state index contributed by atoms with van der Waals surface area (Å²) < 4.78 is 15.6. The maximum atomic E-state index is 12.0. The predicted octanol–water partition coefficient (Wildman–Crippen LogP) is 1.83. The topological polar surface area (TPSA) is 98.0 Å². The van der Waals surface area contributed by atoms with Gasteiger partial charge in [-0.2, -0.15) is 0 Å². The van der Waals surface area contributed by atoms with Crippen molar-refractivity contribution in [2.45, 2.75) is 19.0 Å². The zero-order valence-corrected chi connectivity index (χ0v) is 13.0. The van der Waals surface area contributed by atoms with E-state index in [2.05, 4.69) is 5.32 Å². The number of carboxylic acids is 1. The summed E-state index contributed by atoms with van der Waals surface area (Å²) >= 11 is 0. The van der Waals surface area contributed by atoms with Gasteiger partial charge in [0.15, 0.2) is 0 Å².